The molecule has 0 aliphatic rings. The van der Waals surface area contributed by atoms with Crippen LogP contribution in [0.3, 0.4) is 0 Å². The normalized spacial score (nSPS) is 13.4. The van der Waals surface area contributed by atoms with E-state index in [0.717, 1.165) is 0 Å². The van der Waals surface area contributed by atoms with Crippen molar-refractivity contribution in [3.63, 3.8) is 0 Å². The number of rotatable bonds is 5. The van der Waals surface area contributed by atoms with E-state index in [9.17, 15) is 13.2 Å². The van der Waals surface area contributed by atoms with Crippen molar-refractivity contribution in [2.75, 3.05) is 6.61 Å². The van der Waals surface area contributed by atoms with Crippen molar-refractivity contribution >= 4 is 8.32 Å². The Bertz CT molecular complexity index is 145. The molecule has 0 bridgehead atoms. The van der Waals surface area contributed by atoms with Gasteiger partial charge in [0.15, 0.2) is 8.32 Å². The highest BCUT2D eigenvalue weighted by Crippen LogP contribution is 2.25. The van der Waals surface area contributed by atoms with E-state index in [1.165, 1.54) is 0 Å². The van der Waals surface area contributed by atoms with E-state index < -0.39 is 20.9 Å². The SMILES string of the molecule is CCO[Si](C)(C)CCCC(F)(F)F. The minimum absolute atomic E-state index is 0.197. The van der Waals surface area contributed by atoms with Gasteiger partial charge in [-0.05, 0) is 32.5 Å². The Hall–Kier alpha value is -0.0331. The van der Waals surface area contributed by atoms with Crippen LogP contribution in [0.5, 0.6) is 0 Å². The molecule has 0 atom stereocenters. The fourth-order valence-electron chi connectivity index (χ4n) is 1.18. The first-order chi connectivity index (χ1) is 5.77. The predicted octanol–water partition coefficient (Wildman–Crippen LogP) is 3.57. The van der Waals surface area contributed by atoms with Crippen LogP contribution in [-0.4, -0.2) is 21.1 Å². The minimum Gasteiger partial charge on any atom is -0.418 e. The van der Waals surface area contributed by atoms with Crippen molar-refractivity contribution in [2.24, 2.45) is 0 Å². The van der Waals surface area contributed by atoms with Gasteiger partial charge in [0.2, 0.25) is 0 Å². The van der Waals surface area contributed by atoms with E-state index in [2.05, 4.69) is 0 Å². The second-order valence-corrected chi connectivity index (χ2v) is 7.97. The van der Waals surface area contributed by atoms with Gasteiger partial charge < -0.3 is 4.43 Å². The molecule has 0 saturated heterocycles. The summed E-state index contributed by atoms with van der Waals surface area (Å²) in [7, 11) is -1.80. The fraction of sp³-hybridized carbons (Fsp3) is 1.00. The van der Waals surface area contributed by atoms with Gasteiger partial charge in [-0.15, -0.1) is 0 Å². The average Bonchev–Trinajstić information content (AvgIpc) is 1.82. The van der Waals surface area contributed by atoms with Crippen LogP contribution in [0.15, 0.2) is 0 Å². The molecule has 0 aromatic heterocycles. The molecule has 0 radical (unpaired) electrons. The molecule has 0 amide bonds. The van der Waals surface area contributed by atoms with E-state index in [1.807, 2.05) is 20.0 Å². The van der Waals surface area contributed by atoms with Gasteiger partial charge in [0.1, 0.15) is 0 Å². The molecule has 80 valence electrons. The zero-order valence-corrected chi connectivity index (χ0v) is 9.37. The monoisotopic (exact) mass is 214 g/mol. The molecular weight excluding hydrogens is 197 g/mol. The maximum atomic E-state index is 11.8. The highest BCUT2D eigenvalue weighted by molar-refractivity contribution is 6.71. The molecule has 0 aromatic rings. The van der Waals surface area contributed by atoms with Crippen LogP contribution >= 0.6 is 0 Å². The summed E-state index contributed by atoms with van der Waals surface area (Å²) in [5.41, 5.74) is 0. The van der Waals surface area contributed by atoms with Gasteiger partial charge in [0.25, 0.3) is 0 Å². The summed E-state index contributed by atoms with van der Waals surface area (Å²) in [5, 5.41) is 0. The van der Waals surface area contributed by atoms with E-state index >= 15 is 0 Å². The zero-order valence-electron chi connectivity index (χ0n) is 8.37. The molecule has 0 heterocycles. The lowest BCUT2D eigenvalue weighted by Gasteiger charge is -2.21. The molecule has 0 fully saturated rings. The molecule has 0 rings (SSSR count). The number of hydrogen-bond donors (Lipinski definition) is 0. The van der Waals surface area contributed by atoms with Crippen LogP contribution in [0, 0.1) is 0 Å². The summed E-state index contributed by atoms with van der Waals surface area (Å²) in [6, 6.07) is 0.584. The Labute approximate surface area is 78.4 Å². The lowest BCUT2D eigenvalue weighted by molar-refractivity contribution is -0.134. The van der Waals surface area contributed by atoms with E-state index in [0.29, 0.717) is 12.7 Å². The van der Waals surface area contributed by atoms with E-state index in [-0.39, 0.29) is 6.42 Å². The van der Waals surface area contributed by atoms with Gasteiger partial charge >= 0.3 is 6.18 Å². The topological polar surface area (TPSA) is 9.23 Å². The van der Waals surface area contributed by atoms with Gasteiger partial charge in [-0.25, -0.2) is 0 Å². The molecular formula is C8H17F3OSi. The smallest absolute Gasteiger partial charge is 0.389 e. The van der Waals surface area contributed by atoms with Crippen molar-refractivity contribution < 1.29 is 17.6 Å². The first kappa shape index (κ1) is 13.0. The highest BCUT2D eigenvalue weighted by Gasteiger charge is 2.29. The summed E-state index contributed by atoms with van der Waals surface area (Å²) >= 11 is 0. The van der Waals surface area contributed by atoms with Crippen LogP contribution < -0.4 is 0 Å². The molecule has 0 aliphatic carbocycles. The van der Waals surface area contributed by atoms with Gasteiger partial charge in [0.05, 0.1) is 0 Å². The second kappa shape index (κ2) is 5.00. The average molecular weight is 214 g/mol. The maximum absolute atomic E-state index is 11.8. The lowest BCUT2D eigenvalue weighted by Crippen LogP contribution is -2.30. The molecule has 0 aliphatic heterocycles. The largest absolute Gasteiger partial charge is 0.418 e. The predicted molar refractivity (Wildman–Crippen MR) is 49.2 cm³/mol. The standard InChI is InChI=1S/C8H17F3OSi/c1-4-12-13(2,3)7-5-6-8(9,10)11/h4-7H2,1-3H3. The lowest BCUT2D eigenvalue weighted by atomic mass is 10.3. The highest BCUT2D eigenvalue weighted by atomic mass is 28.4. The first-order valence-corrected chi connectivity index (χ1v) is 7.59. The van der Waals surface area contributed by atoms with Crippen molar-refractivity contribution in [1.82, 2.24) is 0 Å². The van der Waals surface area contributed by atoms with E-state index in [1.54, 1.807) is 0 Å². The summed E-state index contributed by atoms with van der Waals surface area (Å²) in [6.07, 6.45) is -4.50. The van der Waals surface area contributed by atoms with Crippen LogP contribution in [0.4, 0.5) is 13.2 Å². The Kier molecular flexibility index (Phi) is 4.99. The quantitative estimate of drug-likeness (QED) is 0.636. The minimum atomic E-state index is -4.02. The van der Waals surface area contributed by atoms with Crippen LogP contribution in [0.1, 0.15) is 19.8 Å². The second-order valence-electron chi connectivity index (χ2n) is 3.66. The molecule has 0 spiro atoms. The Balaban J connectivity index is 3.63. The first-order valence-electron chi connectivity index (χ1n) is 4.47. The summed E-state index contributed by atoms with van der Waals surface area (Å²) in [4.78, 5) is 0. The molecule has 0 unspecified atom stereocenters. The molecule has 5 heteroatoms. The van der Waals surface area contributed by atoms with Gasteiger partial charge in [-0.3, -0.25) is 0 Å². The third-order valence-corrected chi connectivity index (χ3v) is 4.40. The molecule has 1 nitrogen and oxygen atoms in total. The number of halogens is 3. The molecule has 13 heavy (non-hydrogen) atoms. The number of hydrogen-bond acceptors (Lipinski definition) is 1. The van der Waals surface area contributed by atoms with Crippen molar-refractivity contribution in [3.8, 4) is 0 Å². The molecule has 0 N–H and O–H groups in total. The van der Waals surface area contributed by atoms with Crippen LogP contribution in [0.2, 0.25) is 19.1 Å². The van der Waals surface area contributed by atoms with Gasteiger partial charge in [-0.1, -0.05) is 0 Å². The molecule has 0 aromatic carbocycles. The third kappa shape index (κ3) is 8.30. The summed E-state index contributed by atoms with van der Waals surface area (Å²) in [5.74, 6) is 0. The Morgan fingerprint density at radius 2 is 1.77 bits per heavy atom. The molecule has 0 saturated carbocycles. The summed E-state index contributed by atoms with van der Waals surface area (Å²) < 4.78 is 40.8. The fourth-order valence-corrected chi connectivity index (χ4v) is 3.13. The maximum Gasteiger partial charge on any atom is 0.389 e. The number of alkyl halides is 3. The van der Waals surface area contributed by atoms with E-state index in [4.69, 9.17) is 4.43 Å². The van der Waals surface area contributed by atoms with Crippen molar-refractivity contribution in [1.29, 1.82) is 0 Å². The Morgan fingerprint density at radius 3 is 2.15 bits per heavy atom. The van der Waals surface area contributed by atoms with Crippen LogP contribution in [-0.2, 0) is 4.43 Å². The van der Waals surface area contributed by atoms with Crippen molar-refractivity contribution in [3.05, 3.63) is 0 Å². The third-order valence-electron chi connectivity index (χ3n) is 1.77. The Morgan fingerprint density at radius 1 is 1.23 bits per heavy atom. The zero-order chi connectivity index (χ0) is 10.5. The summed E-state index contributed by atoms with van der Waals surface area (Å²) in [6.45, 7) is 6.38. The van der Waals surface area contributed by atoms with Crippen LogP contribution in [0.25, 0.3) is 0 Å². The van der Waals surface area contributed by atoms with Crippen molar-refractivity contribution in [2.45, 2.75) is 45.1 Å². The van der Waals surface area contributed by atoms with Gasteiger partial charge in [0, 0.05) is 13.0 Å². The van der Waals surface area contributed by atoms with Gasteiger partial charge in [-0.2, -0.15) is 13.2 Å².